The monoisotopic (exact) mass is 318 g/mol. The molecular formula is C20H18N2O2. The average molecular weight is 318 g/mol. The summed E-state index contributed by atoms with van der Waals surface area (Å²) in [6, 6.07) is 15.6. The predicted octanol–water partition coefficient (Wildman–Crippen LogP) is 3.74. The zero-order valence-corrected chi connectivity index (χ0v) is 13.3. The first-order chi connectivity index (χ1) is 11.8. The summed E-state index contributed by atoms with van der Waals surface area (Å²) in [7, 11) is 0. The maximum absolute atomic E-state index is 12.2. The summed E-state index contributed by atoms with van der Waals surface area (Å²) in [4.78, 5) is 16.5. The molecule has 2 aromatic carbocycles. The molecule has 1 amide bonds. The van der Waals surface area contributed by atoms with Crippen LogP contribution in [0.25, 0.3) is 10.9 Å². The standard InChI is InChI=1S/C20H18N2O2/c23-20(13-24-16-10-9-14-4-1-5-15(14)12-16)22-19-8-2-7-18-17(19)6-3-11-21-18/h2-3,6-12H,1,4-5,13H2,(H,22,23). The van der Waals surface area contributed by atoms with Crippen LogP contribution in [0.5, 0.6) is 5.75 Å². The highest BCUT2D eigenvalue weighted by Gasteiger charge is 2.12. The lowest BCUT2D eigenvalue weighted by atomic mass is 10.1. The molecule has 1 aromatic heterocycles. The van der Waals surface area contributed by atoms with Gasteiger partial charge in [-0.1, -0.05) is 12.1 Å². The van der Waals surface area contributed by atoms with E-state index in [-0.39, 0.29) is 12.5 Å². The van der Waals surface area contributed by atoms with Crippen molar-refractivity contribution in [3.05, 3.63) is 65.9 Å². The third-order valence-electron chi connectivity index (χ3n) is 4.36. The second-order valence-corrected chi connectivity index (χ2v) is 6.00. The van der Waals surface area contributed by atoms with Crippen LogP contribution in [-0.2, 0) is 17.6 Å². The highest BCUT2D eigenvalue weighted by molar-refractivity contribution is 6.01. The van der Waals surface area contributed by atoms with Gasteiger partial charge in [0, 0.05) is 11.6 Å². The molecule has 4 nitrogen and oxygen atoms in total. The first-order valence-electron chi connectivity index (χ1n) is 8.18. The average Bonchev–Trinajstić information content (AvgIpc) is 3.08. The van der Waals surface area contributed by atoms with Crippen molar-refractivity contribution in [2.24, 2.45) is 0 Å². The van der Waals surface area contributed by atoms with E-state index in [1.165, 1.54) is 17.5 Å². The summed E-state index contributed by atoms with van der Waals surface area (Å²) in [5.41, 5.74) is 4.35. The van der Waals surface area contributed by atoms with Gasteiger partial charge in [-0.05, 0) is 66.8 Å². The van der Waals surface area contributed by atoms with Gasteiger partial charge in [-0.25, -0.2) is 0 Å². The molecule has 4 heteroatoms. The highest BCUT2D eigenvalue weighted by Crippen LogP contribution is 2.26. The molecule has 1 aliphatic rings. The lowest BCUT2D eigenvalue weighted by molar-refractivity contribution is -0.118. The number of nitrogens with one attached hydrogen (secondary N) is 1. The van der Waals surface area contributed by atoms with Crippen LogP contribution >= 0.6 is 0 Å². The van der Waals surface area contributed by atoms with Crippen molar-refractivity contribution in [1.29, 1.82) is 0 Å². The second-order valence-electron chi connectivity index (χ2n) is 6.00. The number of anilines is 1. The maximum Gasteiger partial charge on any atom is 0.262 e. The molecule has 0 aliphatic heterocycles. The summed E-state index contributed by atoms with van der Waals surface area (Å²) >= 11 is 0. The lowest BCUT2D eigenvalue weighted by Crippen LogP contribution is -2.20. The Labute approximate surface area is 140 Å². The molecule has 1 N–H and O–H groups in total. The number of fused-ring (bicyclic) bond motifs is 2. The Morgan fingerprint density at radius 1 is 1.08 bits per heavy atom. The molecule has 0 radical (unpaired) electrons. The van der Waals surface area contributed by atoms with Gasteiger partial charge < -0.3 is 10.1 Å². The minimum Gasteiger partial charge on any atom is -0.484 e. The van der Waals surface area contributed by atoms with E-state index in [2.05, 4.69) is 22.4 Å². The molecule has 0 fully saturated rings. The van der Waals surface area contributed by atoms with Gasteiger partial charge in [0.2, 0.25) is 0 Å². The Kier molecular flexibility index (Phi) is 3.87. The fraction of sp³-hybridized carbons (Fsp3) is 0.200. The fourth-order valence-electron chi connectivity index (χ4n) is 3.19. The Morgan fingerprint density at radius 2 is 2.00 bits per heavy atom. The largest absolute Gasteiger partial charge is 0.484 e. The topological polar surface area (TPSA) is 51.2 Å². The summed E-state index contributed by atoms with van der Waals surface area (Å²) in [6.07, 6.45) is 5.19. The van der Waals surface area contributed by atoms with Gasteiger partial charge in [0.1, 0.15) is 5.75 Å². The third kappa shape index (κ3) is 2.95. The van der Waals surface area contributed by atoms with Crippen LogP contribution < -0.4 is 10.1 Å². The van der Waals surface area contributed by atoms with Crippen molar-refractivity contribution in [2.75, 3.05) is 11.9 Å². The number of ether oxygens (including phenoxy) is 1. The van der Waals surface area contributed by atoms with Gasteiger partial charge in [0.25, 0.3) is 5.91 Å². The first kappa shape index (κ1) is 14.7. The van der Waals surface area contributed by atoms with Gasteiger partial charge in [-0.2, -0.15) is 0 Å². The number of hydrogen-bond acceptors (Lipinski definition) is 3. The van der Waals surface area contributed by atoms with Crippen LogP contribution in [0.4, 0.5) is 5.69 Å². The minimum absolute atomic E-state index is 0.00453. The van der Waals surface area contributed by atoms with E-state index in [9.17, 15) is 4.79 Å². The lowest BCUT2D eigenvalue weighted by Gasteiger charge is -2.10. The number of aryl methyl sites for hydroxylation is 2. The summed E-state index contributed by atoms with van der Waals surface area (Å²) in [5.74, 6) is 0.581. The van der Waals surface area contributed by atoms with E-state index < -0.39 is 0 Å². The quantitative estimate of drug-likeness (QED) is 0.797. The Hall–Kier alpha value is -2.88. The number of amides is 1. The molecule has 0 saturated heterocycles. The number of carbonyl (C=O) groups excluding carboxylic acids is 1. The van der Waals surface area contributed by atoms with E-state index in [0.717, 1.165) is 35.2 Å². The Bertz CT molecular complexity index is 900. The van der Waals surface area contributed by atoms with Gasteiger partial charge in [-0.3, -0.25) is 9.78 Å². The molecule has 1 heterocycles. The van der Waals surface area contributed by atoms with E-state index in [1.54, 1.807) is 6.20 Å². The first-order valence-corrected chi connectivity index (χ1v) is 8.18. The van der Waals surface area contributed by atoms with Crippen molar-refractivity contribution in [3.8, 4) is 5.75 Å². The molecule has 0 bridgehead atoms. The maximum atomic E-state index is 12.2. The van der Waals surface area contributed by atoms with Gasteiger partial charge >= 0.3 is 0 Å². The molecule has 120 valence electrons. The smallest absolute Gasteiger partial charge is 0.262 e. The van der Waals surface area contributed by atoms with E-state index in [4.69, 9.17) is 4.74 Å². The highest BCUT2D eigenvalue weighted by atomic mass is 16.5. The molecule has 24 heavy (non-hydrogen) atoms. The summed E-state index contributed by atoms with van der Waals surface area (Å²) in [6.45, 7) is -0.00453. The van der Waals surface area contributed by atoms with Crippen LogP contribution in [0.2, 0.25) is 0 Å². The molecule has 3 aromatic rings. The fourth-order valence-corrected chi connectivity index (χ4v) is 3.19. The summed E-state index contributed by atoms with van der Waals surface area (Å²) in [5, 5.41) is 3.83. The van der Waals surface area contributed by atoms with Crippen molar-refractivity contribution >= 4 is 22.5 Å². The van der Waals surface area contributed by atoms with Crippen LogP contribution in [0, 0.1) is 0 Å². The molecule has 1 aliphatic carbocycles. The number of rotatable bonds is 4. The van der Waals surface area contributed by atoms with E-state index >= 15 is 0 Å². The molecule has 0 spiro atoms. The van der Waals surface area contributed by atoms with E-state index in [1.807, 2.05) is 36.4 Å². The van der Waals surface area contributed by atoms with Crippen LogP contribution in [0.1, 0.15) is 17.5 Å². The van der Waals surface area contributed by atoms with E-state index in [0.29, 0.717) is 0 Å². The van der Waals surface area contributed by atoms with Crippen LogP contribution in [-0.4, -0.2) is 17.5 Å². The number of aromatic nitrogens is 1. The molecule has 4 rings (SSSR count). The zero-order valence-electron chi connectivity index (χ0n) is 13.3. The van der Waals surface area contributed by atoms with Gasteiger partial charge in [-0.15, -0.1) is 0 Å². The van der Waals surface area contributed by atoms with Crippen molar-refractivity contribution in [3.63, 3.8) is 0 Å². The Morgan fingerprint density at radius 3 is 2.96 bits per heavy atom. The zero-order chi connectivity index (χ0) is 16.4. The van der Waals surface area contributed by atoms with Crippen molar-refractivity contribution < 1.29 is 9.53 Å². The molecule has 0 atom stereocenters. The number of pyridine rings is 1. The second kappa shape index (κ2) is 6.32. The van der Waals surface area contributed by atoms with Crippen LogP contribution in [0.3, 0.4) is 0 Å². The summed E-state index contributed by atoms with van der Waals surface area (Å²) < 4.78 is 5.65. The molecule has 0 unspecified atom stereocenters. The number of carbonyl (C=O) groups is 1. The normalized spacial score (nSPS) is 12.8. The van der Waals surface area contributed by atoms with Gasteiger partial charge in [0.15, 0.2) is 6.61 Å². The van der Waals surface area contributed by atoms with Crippen LogP contribution in [0.15, 0.2) is 54.7 Å². The molecule has 0 saturated carbocycles. The van der Waals surface area contributed by atoms with Crippen molar-refractivity contribution in [1.82, 2.24) is 4.98 Å². The molecular weight excluding hydrogens is 300 g/mol. The van der Waals surface area contributed by atoms with Crippen molar-refractivity contribution in [2.45, 2.75) is 19.3 Å². The predicted molar refractivity (Wildman–Crippen MR) is 94.3 cm³/mol. The number of hydrogen-bond donors (Lipinski definition) is 1. The minimum atomic E-state index is -0.174. The van der Waals surface area contributed by atoms with Gasteiger partial charge in [0.05, 0.1) is 11.2 Å². The third-order valence-corrected chi connectivity index (χ3v) is 4.36. The number of benzene rings is 2. The Balaban J connectivity index is 1.43. The number of nitrogens with zero attached hydrogens (tertiary/aromatic N) is 1. The SMILES string of the molecule is O=C(COc1ccc2c(c1)CCC2)Nc1cccc2ncccc12.